The van der Waals surface area contributed by atoms with E-state index in [1.165, 1.54) is 38.6 Å². The fraction of sp³-hybridized carbons (Fsp3) is 0.867. The van der Waals surface area contributed by atoms with Crippen LogP contribution in [0.15, 0.2) is 12.7 Å². The van der Waals surface area contributed by atoms with E-state index in [-0.39, 0.29) is 0 Å². The van der Waals surface area contributed by atoms with Gasteiger partial charge < -0.3 is 5.32 Å². The maximum absolute atomic E-state index is 3.85. The maximum atomic E-state index is 3.85. The van der Waals surface area contributed by atoms with Crippen LogP contribution in [0.1, 0.15) is 46.0 Å². The minimum absolute atomic E-state index is 0.863. The zero-order chi connectivity index (χ0) is 12.0. The van der Waals surface area contributed by atoms with Gasteiger partial charge in [-0.3, -0.25) is 0 Å². The number of nitrogens with one attached hydrogen (secondary N) is 1. The van der Waals surface area contributed by atoms with Gasteiger partial charge in [-0.2, -0.15) is 0 Å². The lowest BCUT2D eigenvalue weighted by Gasteiger charge is -2.38. The molecule has 0 aromatic heterocycles. The third kappa shape index (κ3) is 3.93. The van der Waals surface area contributed by atoms with Crippen LogP contribution < -0.4 is 5.32 Å². The van der Waals surface area contributed by atoms with Gasteiger partial charge in [0.1, 0.15) is 0 Å². The van der Waals surface area contributed by atoms with E-state index >= 15 is 0 Å². The molecule has 0 radical (unpaired) electrons. The molecule has 0 spiro atoms. The summed E-state index contributed by atoms with van der Waals surface area (Å²) in [4.78, 5) is 0. The Labute approximate surface area is 102 Å². The highest BCUT2D eigenvalue weighted by Gasteiger charge is 2.30. The lowest BCUT2D eigenvalue weighted by Crippen LogP contribution is -2.33. The number of rotatable bonds is 6. The summed E-state index contributed by atoms with van der Waals surface area (Å²) >= 11 is 0. The normalized spacial score (nSPS) is 30.6. The van der Waals surface area contributed by atoms with Crippen molar-refractivity contribution >= 4 is 0 Å². The molecule has 1 saturated carbocycles. The number of hydrogen-bond donors (Lipinski definition) is 1. The van der Waals surface area contributed by atoms with Crippen molar-refractivity contribution in [2.75, 3.05) is 13.6 Å². The second-order valence-corrected chi connectivity index (χ2v) is 5.76. The Morgan fingerprint density at radius 1 is 1.31 bits per heavy atom. The Kier molecular flexibility index (Phi) is 6.12. The van der Waals surface area contributed by atoms with Gasteiger partial charge in [0.15, 0.2) is 0 Å². The molecule has 1 heteroatoms. The topological polar surface area (TPSA) is 12.0 Å². The van der Waals surface area contributed by atoms with Crippen molar-refractivity contribution in [3.05, 3.63) is 12.7 Å². The minimum Gasteiger partial charge on any atom is -0.319 e. The molecule has 0 heterocycles. The molecule has 3 atom stereocenters. The molecule has 16 heavy (non-hydrogen) atoms. The first kappa shape index (κ1) is 13.8. The van der Waals surface area contributed by atoms with Gasteiger partial charge in [0.05, 0.1) is 0 Å². The quantitative estimate of drug-likeness (QED) is 0.674. The monoisotopic (exact) mass is 223 g/mol. The van der Waals surface area contributed by atoms with E-state index in [0.717, 1.165) is 23.7 Å². The van der Waals surface area contributed by atoms with Crippen LogP contribution in [0.3, 0.4) is 0 Å². The molecule has 94 valence electrons. The molecule has 1 fully saturated rings. The summed E-state index contributed by atoms with van der Waals surface area (Å²) < 4.78 is 0. The van der Waals surface area contributed by atoms with Crippen LogP contribution in [0.2, 0.25) is 0 Å². The van der Waals surface area contributed by atoms with Crippen molar-refractivity contribution in [2.45, 2.75) is 46.0 Å². The second kappa shape index (κ2) is 7.11. The first-order chi connectivity index (χ1) is 7.69. The summed E-state index contributed by atoms with van der Waals surface area (Å²) in [7, 11) is 2.08. The van der Waals surface area contributed by atoms with Crippen molar-refractivity contribution in [3.8, 4) is 0 Å². The van der Waals surface area contributed by atoms with Crippen LogP contribution in [-0.2, 0) is 0 Å². The van der Waals surface area contributed by atoms with Gasteiger partial charge in [0, 0.05) is 0 Å². The van der Waals surface area contributed by atoms with Crippen molar-refractivity contribution in [1.82, 2.24) is 5.32 Å². The summed E-state index contributed by atoms with van der Waals surface area (Å²) in [5.41, 5.74) is 0. The molecule has 0 aromatic rings. The molecule has 0 aliphatic heterocycles. The molecule has 0 aromatic carbocycles. The van der Waals surface area contributed by atoms with Crippen molar-refractivity contribution < 1.29 is 0 Å². The third-order valence-electron chi connectivity index (χ3n) is 4.33. The van der Waals surface area contributed by atoms with Crippen LogP contribution in [-0.4, -0.2) is 13.6 Å². The summed E-state index contributed by atoms with van der Waals surface area (Å²) in [6.45, 7) is 9.82. The molecule has 1 aliphatic carbocycles. The first-order valence-corrected chi connectivity index (χ1v) is 6.94. The zero-order valence-electron chi connectivity index (χ0n) is 11.3. The van der Waals surface area contributed by atoms with E-state index in [9.17, 15) is 0 Å². The molecule has 1 aliphatic rings. The van der Waals surface area contributed by atoms with Crippen LogP contribution >= 0.6 is 0 Å². The molecule has 1 N–H and O–H groups in total. The van der Waals surface area contributed by atoms with Gasteiger partial charge in [-0.25, -0.2) is 0 Å². The van der Waals surface area contributed by atoms with Crippen LogP contribution in [0.25, 0.3) is 0 Å². The van der Waals surface area contributed by atoms with Crippen molar-refractivity contribution in [1.29, 1.82) is 0 Å². The Morgan fingerprint density at radius 2 is 2.06 bits per heavy atom. The second-order valence-electron chi connectivity index (χ2n) is 5.76. The van der Waals surface area contributed by atoms with Crippen LogP contribution in [0.5, 0.6) is 0 Å². The highest BCUT2D eigenvalue weighted by atomic mass is 14.8. The van der Waals surface area contributed by atoms with E-state index in [1.807, 2.05) is 0 Å². The Bertz CT molecular complexity index is 198. The largest absolute Gasteiger partial charge is 0.319 e. The van der Waals surface area contributed by atoms with E-state index < -0.39 is 0 Å². The predicted octanol–water partition coefficient (Wildman–Crippen LogP) is 3.86. The lowest BCUT2D eigenvalue weighted by atomic mass is 9.69. The van der Waals surface area contributed by atoms with Gasteiger partial charge in [0.2, 0.25) is 0 Å². The van der Waals surface area contributed by atoms with Crippen LogP contribution in [0, 0.1) is 23.7 Å². The predicted molar refractivity (Wildman–Crippen MR) is 72.5 cm³/mol. The summed E-state index contributed by atoms with van der Waals surface area (Å²) in [6, 6.07) is 0. The average molecular weight is 223 g/mol. The summed E-state index contributed by atoms with van der Waals surface area (Å²) in [5, 5.41) is 3.36. The third-order valence-corrected chi connectivity index (χ3v) is 4.33. The fourth-order valence-corrected chi connectivity index (χ4v) is 3.18. The van der Waals surface area contributed by atoms with Crippen molar-refractivity contribution in [2.24, 2.45) is 23.7 Å². The van der Waals surface area contributed by atoms with E-state index in [0.29, 0.717) is 0 Å². The van der Waals surface area contributed by atoms with E-state index in [4.69, 9.17) is 0 Å². The lowest BCUT2D eigenvalue weighted by molar-refractivity contribution is 0.140. The van der Waals surface area contributed by atoms with Crippen LogP contribution in [0.4, 0.5) is 0 Å². The Morgan fingerprint density at radius 3 is 2.62 bits per heavy atom. The molecule has 3 unspecified atom stereocenters. The maximum Gasteiger partial charge on any atom is -0.00209 e. The van der Waals surface area contributed by atoms with Gasteiger partial charge in [0.25, 0.3) is 0 Å². The minimum atomic E-state index is 0.863. The SMILES string of the molecule is C=CCCC1CC(C(C)C)CCC1CNC. The standard InChI is InChI=1S/C15H29N/c1-5-6-7-14-10-13(12(2)3)8-9-15(14)11-16-4/h5,12-16H,1,6-11H2,2-4H3. The summed E-state index contributed by atoms with van der Waals surface area (Å²) in [5.74, 6) is 3.65. The first-order valence-electron chi connectivity index (χ1n) is 6.94. The fourth-order valence-electron chi connectivity index (χ4n) is 3.18. The molecule has 0 bridgehead atoms. The highest BCUT2D eigenvalue weighted by molar-refractivity contribution is 4.84. The molecule has 1 rings (SSSR count). The molecule has 0 saturated heterocycles. The van der Waals surface area contributed by atoms with Gasteiger partial charge in [-0.05, 0) is 69.4 Å². The Hall–Kier alpha value is -0.300. The number of allylic oxidation sites excluding steroid dienone is 1. The van der Waals surface area contributed by atoms with Crippen molar-refractivity contribution in [3.63, 3.8) is 0 Å². The average Bonchev–Trinajstić information content (AvgIpc) is 2.27. The molecular weight excluding hydrogens is 194 g/mol. The summed E-state index contributed by atoms with van der Waals surface area (Å²) in [6.07, 6.45) is 8.92. The van der Waals surface area contributed by atoms with Gasteiger partial charge in [-0.1, -0.05) is 19.9 Å². The molecule has 1 nitrogen and oxygen atoms in total. The van der Waals surface area contributed by atoms with Gasteiger partial charge in [-0.15, -0.1) is 6.58 Å². The number of hydrogen-bond acceptors (Lipinski definition) is 1. The molecule has 0 amide bonds. The van der Waals surface area contributed by atoms with E-state index in [2.05, 4.69) is 38.9 Å². The zero-order valence-corrected chi connectivity index (χ0v) is 11.3. The van der Waals surface area contributed by atoms with Gasteiger partial charge >= 0.3 is 0 Å². The van der Waals surface area contributed by atoms with E-state index in [1.54, 1.807) is 0 Å². The highest BCUT2D eigenvalue weighted by Crippen LogP contribution is 2.39. The molecular formula is C15H29N. The Balaban J connectivity index is 2.50. The smallest absolute Gasteiger partial charge is 0.00209 e.